The maximum Gasteiger partial charge on any atom is 0.139 e. The summed E-state index contributed by atoms with van der Waals surface area (Å²) in [4.78, 5) is 10.8. The molecule has 0 radical (unpaired) electrons. The smallest absolute Gasteiger partial charge is 0.139 e. The van der Waals surface area contributed by atoms with E-state index in [2.05, 4.69) is 36.9 Å². The van der Waals surface area contributed by atoms with Gasteiger partial charge in [0.2, 0.25) is 0 Å². The number of rotatable bonds is 3. The van der Waals surface area contributed by atoms with E-state index < -0.39 is 0 Å². The summed E-state index contributed by atoms with van der Waals surface area (Å²) in [5.41, 5.74) is 8.59. The average Bonchev–Trinajstić information content (AvgIpc) is 2.48. The van der Waals surface area contributed by atoms with E-state index in [4.69, 9.17) is 5.73 Å². The first-order chi connectivity index (χ1) is 10.1. The molecule has 0 spiro atoms. The van der Waals surface area contributed by atoms with Gasteiger partial charge in [0.1, 0.15) is 12.1 Å². The van der Waals surface area contributed by atoms with Crippen LogP contribution >= 0.6 is 15.9 Å². The Bertz CT molecular complexity index is 788. The van der Waals surface area contributed by atoms with Gasteiger partial charge < -0.3 is 10.6 Å². The highest BCUT2D eigenvalue weighted by atomic mass is 79.9. The van der Waals surface area contributed by atoms with E-state index in [1.165, 1.54) is 5.56 Å². The molecular formula is C16H15BrN4. The van der Waals surface area contributed by atoms with Crippen LogP contribution in [0.15, 0.2) is 53.3 Å². The Labute approximate surface area is 131 Å². The minimum absolute atomic E-state index is 0.709. The van der Waals surface area contributed by atoms with Gasteiger partial charge in [-0.15, -0.1) is 0 Å². The number of hydrogen-bond acceptors (Lipinski definition) is 4. The topological polar surface area (TPSA) is 55.0 Å². The van der Waals surface area contributed by atoms with Gasteiger partial charge in [0.05, 0.1) is 5.52 Å². The molecule has 0 atom stereocenters. The Morgan fingerprint density at radius 2 is 1.95 bits per heavy atom. The van der Waals surface area contributed by atoms with Crippen LogP contribution in [0.1, 0.15) is 5.56 Å². The lowest BCUT2D eigenvalue weighted by molar-refractivity contribution is 0.896. The van der Waals surface area contributed by atoms with Crippen molar-refractivity contribution in [2.75, 3.05) is 17.7 Å². The first kappa shape index (κ1) is 13.8. The molecule has 21 heavy (non-hydrogen) atoms. The van der Waals surface area contributed by atoms with Crippen LogP contribution in [0, 0.1) is 0 Å². The van der Waals surface area contributed by atoms with Crippen molar-refractivity contribution in [1.29, 1.82) is 0 Å². The normalized spacial score (nSPS) is 10.8. The number of nitrogens with zero attached hydrogens (tertiary/aromatic N) is 3. The molecule has 5 heteroatoms. The lowest BCUT2D eigenvalue weighted by Crippen LogP contribution is -2.18. The molecular weight excluding hydrogens is 328 g/mol. The van der Waals surface area contributed by atoms with Gasteiger partial charge in [-0.3, -0.25) is 0 Å². The Morgan fingerprint density at radius 3 is 2.76 bits per heavy atom. The van der Waals surface area contributed by atoms with E-state index in [-0.39, 0.29) is 0 Å². The van der Waals surface area contributed by atoms with E-state index in [0.717, 1.165) is 27.7 Å². The Balaban J connectivity index is 1.98. The molecule has 0 bridgehead atoms. The zero-order valence-electron chi connectivity index (χ0n) is 11.6. The third-order valence-corrected chi connectivity index (χ3v) is 4.14. The van der Waals surface area contributed by atoms with Crippen molar-refractivity contribution in [2.24, 2.45) is 0 Å². The summed E-state index contributed by atoms with van der Waals surface area (Å²) in [5, 5.41) is 1.00. The van der Waals surface area contributed by atoms with Crippen molar-refractivity contribution in [3.8, 4) is 0 Å². The molecule has 3 rings (SSSR count). The second-order valence-corrected chi connectivity index (χ2v) is 5.78. The molecule has 0 saturated heterocycles. The number of benzene rings is 2. The van der Waals surface area contributed by atoms with Crippen molar-refractivity contribution < 1.29 is 0 Å². The predicted molar refractivity (Wildman–Crippen MR) is 90.2 cm³/mol. The first-order valence-electron chi connectivity index (χ1n) is 6.60. The van der Waals surface area contributed by atoms with Crippen molar-refractivity contribution >= 4 is 38.3 Å². The molecule has 1 aromatic heterocycles. The molecule has 4 nitrogen and oxygen atoms in total. The highest BCUT2D eigenvalue weighted by Crippen LogP contribution is 2.26. The van der Waals surface area contributed by atoms with Gasteiger partial charge in [-0.2, -0.15) is 0 Å². The number of nitrogens with two attached hydrogens (primary N) is 1. The van der Waals surface area contributed by atoms with E-state index >= 15 is 0 Å². The zero-order chi connectivity index (χ0) is 14.8. The standard InChI is InChI=1S/C16H15BrN4/c1-21(9-11-4-2-3-5-14(11)17)16-13-7-6-12(18)8-15(13)19-10-20-16/h2-8,10H,9,18H2,1H3. The zero-order valence-corrected chi connectivity index (χ0v) is 13.2. The van der Waals surface area contributed by atoms with E-state index in [0.29, 0.717) is 5.69 Å². The van der Waals surface area contributed by atoms with Crippen molar-refractivity contribution in [3.63, 3.8) is 0 Å². The van der Waals surface area contributed by atoms with Gasteiger partial charge in [0.25, 0.3) is 0 Å². The van der Waals surface area contributed by atoms with Crippen molar-refractivity contribution in [1.82, 2.24) is 9.97 Å². The molecule has 0 unspecified atom stereocenters. The van der Waals surface area contributed by atoms with Crippen LogP contribution in [0.5, 0.6) is 0 Å². The summed E-state index contributed by atoms with van der Waals surface area (Å²) in [6.07, 6.45) is 1.58. The Morgan fingerprint density at radius 1 is 1.14 bits per heavy atom. The van der Waals surface area contributed by atoms with E-state index in [1.54, 1.807) is 6.33 Å². The fourth-order valence-electron chi connectivity index (χ4n) is 2.32. The second kappa shape index (κ2) is 5.69. The molecule has 0 fully saturated rings. The highest BCUT2D eigenvalue weighted by Gasteiger charge is 2.10. The summed E-state index contributed by atoms with van der Waals surface area (Å²) in [6, 6.07) is 13.9. The van der Waals surface area contributed by atoms with E-state index in [9.17, 15) is 0 Å². The number of hydrogen-bond donors (Lipinski definition) is 1. The van der Waals surface area contributed by atoms with E-state index in [1.807, 2.05) is 43.4 Å². The average molecular weight is 343 g/mol. The third kappa shape index (κ3) is 2.83. The highest BCUT2D eigenvalue weighted by molar-refractivity contribution is 9.10. The van der Waals surface area contributed by atoms with Crippen LogP contribution in [-0.4, -0.2) is 17.0 Å². The quantitative estimate of drug-likeness (QED) is 0.738. The number of anilines is 2. The van der Waals surface area contributed by atoms with Crippen molar-refractivity contribution in [3.05, 3.63) is 58.8 Å². The van der Waals surface area contributed by atoms with Gasteiger partial charge >= 0.3 is 0 Å². The maximum absolute atomic E-state index is 5.81. The molecule has 1 heterocycles. The van der Waals surface area contributed by atoms with Crippen LogP contribution in [0.3, 0.4) is 0 Å². The van der Waals surface area contributed by atoms with Crippen molar-refractivity contribution in [2.45, 2.75) is 6.54 Å². The van der Waals surface area contributed by atoms with Gasteiger partial charge in [-0.25, -0.2) is 9.97 Å². The molecule has 0 aliphatic heterocycles. The number of aromatic nitrogens is 2. The molecule has 106 valence electrons. The van der Waals surface area contributed by atoms with Crippen LogP contribution < -0.4 is 10.6 Å². The summed E-state index contributed by atoms with van der Waals surface area (Å²) < 4.78 is 1.10. The SMILES string of the molecule is CN(Cc1ccccc1Br)c1ncnc2cc(N)ccc12. The molecule has 0 saturated carbocycles. The Kier molecular flexibility index (Phi) is 3.75. The Hall–Kier alpha value is -2.14. The van der Waals surface area contributed by atoms with Gasteiger partial charge in [-0.05, 0) is 29.8 Å². The van der Waals surface area contributed by atoms with Gasteiger partial charge in [0.15, 0.2) is 0 Å². The largest absolute Gasteiger partial charge is 0.399 e. The molecule has 0 amide bonds. The summed E-state index contributed by atoms with van der Waals surface area (Å²) in [7, 11) is 2.03. The van der Waals surface area contributed by atoms with Crippen LogP contribution in [0.4, 0.5) is 11.5 Å². The fourth-order valence-corrected chi connectivity index (χ4v) is 2.73. The molecule has 2 N–H and O–H groups in total. The summed E-state index contributed by atoms with van der Waals surface area (Å²) >= 11 is 3.58. The predicted octanol–water partition coefficient (Wildman–Crippen LogP) is 3.61. The number of halogens is 1. The number of nitrogen functional groups attached to an aromatic ring is 1. The van der Waals surface area contributed by atoms with Crippen LogP contribution in [0.25, 0.3) is 10.9 Å². The second-order valence-electron chi connectivity index (χ2n) is 4.92. The summed E-state index contributed by atoms with van der Waals surface area (Å²) in [5.74, 6) is 0.899. The first-order valence-corrected chi connectivity index (χ1v) is 7.39. The molecule has 0 aliphatic carbocycles. The maximum atomic E-state index is 5.81. The lowest BCUT2D eigenvalue weighted by atomic mass is 10.2. The van der Waals surface area contributed by atoms with Gasteiger partial charge in [-0.1, -0.05) is 34.1 Å². The lowest BCUT2D eigenvalue weighted by Gasteiger charge is -2.20. The molecule has 3 aromatic rings. The minimum Gasteiger partial charge on any atom is -0.399 e. The molecule has 0 aliphatic rings. The number of fused-ring (bicyclic) bond motifs is 1. The third-order valence-electron chi connectivity index (χ3n) is 3.37. The van der Waals surface area contributed by atoms with Gasteiger partial charge in [0, 0.05) is 29.1 Å². The fraction of sp³-hybridized carbons (Fsp3) is 0.125. The monoisotopic (exact) mass is 342 g/mol. The minimum atomic E-state index is 0.709. The van der Waals surface area contributed by atoms with Crippen LogP contribution in [-0.2, 0) is 6.54 Å². The summed E-state index contributed by atoms with van der Waals surface area (Å²) in [6.45, 7) is 0.762. The molecule has 2 aromatic carbocycles. The van der Waals surface area contributed by atoms with Crippen LogP contribution in [0.2, 0.25) is 0 Å².